The van der Waals surface area contributed by atoms with Crippen LogP contribution in [0.4, 0.5) is 0 Å². The minimum absolute atomic E-state index is 0.0594. The third kappa shape index (κ3) is 5.80. The fourth-order valence-electron chi connectivity index (χ4n) is 9.99. The summed E-state index contributed by atoms with van der Waals surface area (Å²) in [5, 5.41) is 8.73. The summed E-state index contributed by atoms with van der Waals surface area (Å²) >= 11 is 0. The number of aryl methyl sites for hydroxylation is 4. The third-order valence-corrected chi connectivity index (χ3v) is 12.9. The van der Waals surface area contributed by atoms with Gasteiger partial charge in [-0.05, 0) is 115 Å². The number of benzene rings is 4. The molecule has 3 aromatic heterocycles. The first-order valence-electron chi connectivity index (χ1n) is 20.8. The van der Waals surface area contributed by atoms with Crippen molar-refractivity contribution >= 4 is 11.4 Å². The topological polar surface area (TPSA) is 55.5 Å². The molecule has 1 aliphatic heterocycles. The van der Waals surface area contributed by atoms with Gasteiger partial charge >= 0.3 is 0 Å². The maximum atomic E-state index is 13.9. The van der Waals surface area contributed by atoms with Gasteiger partial charge in [-0.1, -0.05) is 87.0 Å². The Balaban J connectivity index is 1.20. The first kappa shape index (κ1) is 37.3. The van der Waals surface area contributed by atoms with Gasteiger partial charge in [0.25, 0.3) is 0 Å². The molecular weight excluding hydrogens is 711 g/mol. The van der Waals surface area contributed by atoms with Crippen LogP contribution in [0.15, 0.2) is 140 Å². The molecule has 4 aromatic carbocycles. The van der Waals surface area contributed by atoms with Gasteiger partial charge in [-0.2, -0.15) is 4.57 Å². The predicted molar refractivity (Wildman–Crippen MR) is 232 cm³/mol. The Hall–Kier alpha value is -6.27. The van der Waals surface area contributed by atoms with Crippen LogP contribution in [0.2, 0.25) is 0 Å². The maximum absolute atomic E-state index is 13.9. The van der Waals surface area contributed by atoms with Crippen LogP contribution in [-0.2, 0) is 24.4 Å². The van der Waals surface area contributed by atoms with E-state index >= 15 is 0 Å². The van der Waals surface area contributed by atoms with Gasteiger partial charge in [0, 0.05) is 41.8 Å². The minimum atomic E-state index is -0.309. The number of rotatable bonds is 11. The molecule has 2 unspecified atom stereocenters. The zero-order chi connectivity index (χ0) is 40.2. The second-order valence-electron chi connectivity index (χ2n) is 16.3. The molecule has 6 heteroatoms. The fourth-order valence-corrected chi connectivity index (χ4v) is 9.99. The van der Waals surface area contributed by atoms with Crippen LogP contribution < -0.4 is 9.13 Å². The summed E-state index contributed by atoms with van der Waals surface area (Å²) < 4.78 is 6.63. The van der Waals surface area contributed by atoms with E-state index in [1.807, 2.05) is 42.1 Å². The Morgan fingerprint density at radius 2 is 1.53 bits per heavy atom. The van der Waals surface area contributed by atoms with Crippen LogP contribution in [0.3, 0.4) is 0 Å². The van der Waals surface area contributed by atoms with Crippen LogP contribution in [-0.4, -0.2) is 20.8 Å². The van der Waals surface area contributed by atoms with Gasteiger partial charge < -0.3 is 0 Å². The van der Waals surface area contributed by atoms with Gasteiger partial charge in [0.15, 0.2) is 18.2 Å². The first-order valence-corrected chi connectivity index (χ1v) is 20.8. The van der Waals surface area contributed by atoms with E-state index in [0.717, 1.165) is 71.4 Å². The highest BCUT2D eigenvalue weighted by Gasteiger charge is 2.69. The number of pyridine rings is 2. The maximum Gasteiger partial charge on any atom is 0.213 e. The van der Waals surface area contributed by atoms with Gasteiger partial charge in [0.1, 0.15) is 7.05 Å². The van der Waals surface area contributed by atoms with Crippen LogP contribution >= 0.6 is 0 Å². The molecule has 58 heavy (non-hydrogen) atoms. The number of nitrogens with zero attached hydrogens (tertiary/aromatic N) is 5. The monoisotopic (exact) mass is 761 g/mol. The van der Waals surface area contributed by atoms with Crippen LogP contribution in [0.1, 0.15) is 90.3 Å². The van der Waals surface area contributed by atoms with Crippen LogP contribution in [0.25, 0.3) is 44.9 Å². The second kappa shape index (κ2) is 14.6. The summed E-state index contributed by atoms with van der Waals surface area (Å²) in [6.45, 7) is 11.0. The molecule has 1 aliphatic carbocycles. The number of ketones is 1. The molecule has 4 heterocycles. The molecule has 0 amide bonds. The zero-order valence-corrected chi connectivity index (χ0v) is 34.5. The molecule has 2 aliphatic rings. The molecule has 0 saturated carbocycles. The average molecular weight is 762 g/mol. The fraction of sp³-hybridized carbons (Fsp3) is 0.250. The van der Waals surface area contributed by atoms with Crippen molar-refractivity contribution in [3.8, 4) is 39.3 Å². The van der Waals surface area contributed by atoms with Crippen LogP contribution in [0, 0.1) is 13.8 Å². The lowest BCUT2D eigenvalue weighted by Gasteiger charge is -2.56. The number of unbranched alkanes of at least 4 members (excludes halogenated alkanes) is 1. The summed E-state index contributed by atoms with van der Waals surface area (Å²) in [5.74, 6) is 0.0594. The molecule has 288 valence electrons. The van der Waals surface area contributed by atoms with Crippen LogP contribution in [0.5, 0.6) is 0 Å². The lowest BCUT2D eigenvalue weighted by Crippen LogP contribution is -2.73. The van der Waals surface area contributed by atoms with Gasteiger partial charge in [0.2, 0.25) is 16.9 Å². The van der Waals surface area contributed by atoms with E-state index in [2.05, 4.69) is 164 Å². The molecule has 0 saturated heterocycles. The Morgan fingerprint density at radius 3 is 2.29 bits per heavy atom. The quantitative estimate of drug-likeness (QED) is 0.0974. The van der Waals surface area contributed by atoms with Crippen molar-refractivity contribution in [1.82, 2.24) is 15.0 Å². The Labute approximate surface area is 342 Å². The lowest BCUT2D eigenvalue weighted by molar-refractivity contribution is -0.757. The van der Waals surface area contributed by atoms with E-state index in [1.54, 1.807) is 0 Å². The van der Waals surface area contributed by atoms with E-state index in [-0.39, 0.29) is 16.7 Å². The Bertz CT molecular complexity index is 2780. The Morgan fingerprint density at radius 1 is 0.724 bits per heavy atom. The van der Waals surface area contributed by atoms with Crippen molar-refractivity contribution in [2.24, 2.45) is 7.05 Å². The lowest BCUT2D eigenvalue weighted by atomic mass is 9.46. The SMILES string of the molecule is CCCCc1cccc(C(=O)c2cccc(-c3ccc4c(c3)-c3cc(C)cc[n+]3C3(CC)C=C(c5ccc(-n6cc(C)nn6)cc5-c5cccc[n+]5C)C43CC)c2)c1. The Kier molecular flexibility index (Phi) is 9.39. The number of carbonyl (C=O) groups is 1. The smallest absolute Gasteiger partial charge is 0.213 e. The van der Waals surface area contributed by atoms with Gasteiger partial charge in [0.05, 0.1) is 34.1 Å². The molecule has 0 bridgehead atoms. The highest BCUT2D eigenvalue weighted by molar-refractivity contribution is 6.09. The summed E-state index contributed by atoms with van der Waals surface area (Å²) in [6.07, 6.45) is 14.1. The molecule has 9 rings (SSSR count). The molecule has 0 N–H and O–H groups in total. The first-order chi connectivity index (χ1) is 28.2. The highest BCUT2D eigenvalue weighted by Crippen LogP contribution is 2.65. The number of hydrogen-bond acceptors (Lipinski definition) is 3. The minimum Gasteiger partial charge on any atom is -0.289 e. The third-order valence-electron chi connectivity index (χ3n) is 12.9. The summed E-state index contributed by atoms with van der Waals surface area (Å²) in [5.41, 5.74) is 16.0. The molecule has 0 radical (unpaired) electrons. The number of allylic oxidation sites excluding steroid dienone is 2. The van der Waals surface area contributed by atoms with Gasteiger partial charge in [-0.25, -0.2) is 9.25 Å². The highest BCUT2D eigenvalue weighted by atomic mass is 16.1. The van der Waals surface area contributed by atoms with E-state index in [4.69, 9.17) is 0 Å². The van der Waals surface area contributed by atoms with Crippen molar-refractivity contribution in [3.63, 3.8) is 0 Å². The number of fused-ring (bicyclic) bond motifs is 6. The van der Waals surface area contributed by atoms with Crippen molar-refractivity contribution < 1.29 is 13.9 Å². The molecular formula is C52H51N5O+2. The molecule has 6 nitrogen and oxygen atoms in total. The largest absolute Gasteiger partial charge is 0.289 e. The van der Waals surface area contributed by atoms with Crippen molar-refractivity contribution in [2.75, 3.05) is 0 Å². The summed E-state index contributed by atoms with van der Waals surface area (Å²) in [4.78, 5) is 13.9. The van der Waals surface area contributed by atoms with E-state index in [1.165, 1.54) is 39.1 Å². The summed E-state index contributed by atoms with van der Waals surface area (Å²) in [7, 11) is 2.12. The standard InChI is InChI=1S/C52H51N5O/c1-7-10-15-37-16-13-18-40(29-37)50(58)41-19-14-17-38(30-41)39-21-24-46-45(31-39)49-28-35(4)25-27-56(49)51(8-2)33-47(52(46,51)9-3)43-23-22-42(57-34-36(5)53-54-57)32-44(43)48-20-11-12-26-55(48)6/h11-14,16-34H,7-10,15H2,1-6H3/q+2. The summed E-state index contributed by atoms with van der Waals surface area (Å²) in [6, 6.07) is 41.1. The van der Waals surface area contributed by atoms with Crippen molar-refractivity contribution in [1.29, 1.82) is 0 Å². The average Bonchev–Trinajstić information content (AvgIpc) is 3.69. The van der Waals surface area contributed by atoms with Crippen molar-refractivity contribution in [2.45, 2.75) is 77.7 Å². The molecule has 0 fully saturated rings. The van der Waals surface area contributed by atoms with E-state index in [9.17, 15) is 4.79 Å². The second-order valence-corrected chi connectivity index (χ2v) is 16.3. The van der Waals surface area contributed by atoms with Gasteiger partial charge in [-0.15, -0.1) is 5.10 Å². The normalized spacial score (nSPS) is 17.8. The zero-order valence-electron chi connectivity index (χ0n) is 34.5. The van der Waals surface area contributed by atoms with Gasteiger partial charge in [-0.3, -0.25) is 4.79 Å². The van der Waals surface area contributed by atoms with E-state index < -0.39 is 0 Å². The molecule has 2 atom stereocenters. The predicted octanol–water partition coefficient (Wildman–Crippen LogP) is 10.4. The molecule has 0 spiro atoms. The van der Waals surface area contributed by atoms with Crippen molar-refractivity contribution in [3.05, 3.63) is 179 Å². The van der Waals surface area contributed by atoms with E-state index in [0.29, 0.717) is 5.56 Å². The number of hydrogen-bond donors (Lipinski definition) is 0. The molecule has 7 aromatic rings. The number of carbonyl (C=O) groups excluding carboxylic acids is 1. The number of aromatic nitrogens is 5.